The molecule has 0 aromatic rings. The number of halogens is 1. The molecule has 0 atom stereocenters. The van der Waals surface area contributed by atoms with E-state index in [1.165, 1.54) is 0 Å². The lowest BCUT2D eigenvalue weighted by Gasteiger charge is -2.12. The lowest BCUT2D eigenvalue weighted by molar-refractivity contribution is 0.394. The van der Waals surface area contributed by atoms with Crippen LogP contribution in [0.2, 0.25) is 0 Å². The highest BCUT2D eigenvalue weighted by Crippen LogP contribution is 1.85. The minimum Gasteiger partial charge on any atom is -0.487 e. The van der Waals surface area contributed by atoms with Crippen molar-refractivity contribution in [2.24, 2.45) is 0 Å². The number of aliphatic hydroxyl groups excluding tert-OH is 1. The molecule has 2 nitrogen and oxygen atoms in total. The average molecular weight is 170 g/mol. The van der Waals surface area contributed by atoms with Gasteiger partial charge in [-0.3, -0.25) is 0 Å². The SMILES string of the molecule is CCCN(C)C(O)=S.Cl. The summed E-state index contributed by atoms with van der Waals surface area (Å²) in [6.07, 6.45) is 1.01. The Bertz CT molecular complexity index is 89.0. The molecule has 0 aliphatic heterocycles. The third-order valence-electron chi connectivity index (χ3n) is 0.886. The Morgan fingerprint density at radius 3 is 2.22 bits per heavy atom. The zero-order chi connectivity index (χ0) is 6.57. The molecule has 0 heterocycles. The Hall–Kier alpha value is -0.0200. The van der Waals surface area contributed by atoms with Gasteiger partial charge in [-0.15, -0.1) is 12.4 Å². The van der Waals surface area contributed by atoms with Crippen molar-refractivity contribution in [3.8, 4) is 0 Å². The first-order valence-corrected chi connectivity index (χ1v) is 3.03. The van der Waals surface area contributed by atoms with Crippen LogP contribution in [0.3, 0.4) is 0 Å². The first-order chi connectivity index (χ1) is 3.68. The van der Waals surface area contributed by atoms with E-state index in [1.807, 2.05) is 6.92 Å². The second-order valence-electron chi connectivity index (χ2n) is 1.70. The molecule has 0 unspecified atom stereocenters. The van der Waals surface area contributed by atoms with Gasteiger partial charge in [0.15, 0.2) is 0 Å². The minimum atomic E-state index is -0.0214. The number of thiocarbonyl (C=S) groups is 1. The zero-order valence-electron chi connectivity index (χ0n) is 5.63. The molecule has 0 saturated carbocycles. The van der Waals surface area contributed by atoms with Crippen molar-refractivity contribution in [2.45, 2.75) is 13.3 Å². The monoisotopic (exact) mass is 169 g/mol. The highest BCUT2D eigenvalue weighted by molar-refractivity contribution is 7.79. The van der Waals surface area contributed by atoms with Gasteiger partial charge < -0.3 is 10.0 Å². The summed E-state index contributed by atoms with van der Waals surface area (Å²) in [5, 5.41) is 8.59. The van der Waals surface area contributed by atoms with E-state index >= 15 is 0 Å². The minimum absolute atomic E-state index is 0. The van der Waals surface area contributed by atoms with E-state index in [1.54, 1.807) is 11.9 Å². The molecule has 0 aromatic heterocycles. The average Bonchev–Trinajstić information content (AvgIpc) is 1.67. The standard InChI is InChI=1S/C5H11NOS.ClH/c1-3-4-6(2)5(7)8;/h3-4H2,1-2H3,(H,7,8);1H. The van der Waals surface area contributed by atoms with E-state index in [4.69, 9.17) is 5.11 Å². The van der Waals surface area contributed by atoms with E-state index in [2.05, 4.69) is 12.2 Å². The fraction of sp³-hybridized carbons (Fsp3) is 0.800. The van der Waals surface area contributed by atoms with E-state index in [9.17, 15) is 0 Å². The quantitative estimate of drug-likeness (QED) is 0.636. The molecule has 9 heavy (non-hydrogen) atoms. The van der Waals surface area contributed by atoms with Gasteiger partial charge in [-0.1, -0.05) is 6.92 Å². The van der Waals surface area contributed by atoms with Gasteiger partial charge >= 0.3 is 0 Å². The molecular formula is C5H12ClNOS. The van der Waals surface area contributed by atoms with E-state index in [0.717, 1.165) is 13.0 Å². The van der Waals surface area contributed by atoms with Gasteiger partial charge in [-0.2, -0.15) is 0 Å². The third kappa shape index (κ3) is 5.86. The van der Waals surface area contributed by atoms with E-state index in [0.29, 0.717) is 0 Å². The molecule has 0 saturated heterocycles. The normalized spacial score (nSPS) is 7.78. The number of aliphatic hydroxyl groups is 1. The van der Waals surface area contributed by atoms with Gasteiger partial charge in [0, 0.05) is 13.6 Å². The van der Waals surface area contributed by atoms with Gasteiger partial charge in [0.05, 0.1) is 0 Å². The van der Waals surface area contributed by atoms with Gasteiger partial charge in [-0.25, -0.2) is 0 Å². The van der Waals surface area contributed by atoms with Crippen LogP contribution < -0.4 is 0 Å². The highest BCUT2D eigenvalue weighted by atomic mass is 35.5. The fourth-order valence-electron chi connectivity index (χ4n) is 0.431. The lowest BCUT2D eigenvalue weighted by atomic mass is 10.5. The van der Waals surface area contributed by atoms with Crippen LogP contribution in [0.25, 0.3) is 0 Å². The molecule has 0 fully saturated rings. The Morgan fingerprint density at radius 2 is 2.11 bits per heavy atom. The van der Waals surface area contributed by atoms with Gasteiger partial charge in [-0.05, 0) is 18.6 Å². The molecule has 0 spiro atoms. The fourth-order valence-corrected chi connectivity index (χ4v) is 0.522. The molecule has 56 valence electrons. The summed E-state index contributed by atoms with van der Waals surface area (Å²) in [7, 11) is 1.77. The van der Waals surface area contributed by atoms with Crippen molar-refractivity contribution in [3.05, 3.63) is 0 Å². The van der Waals surface area contributed by atoms with Gasteiger partial charge in [0.2, 0.25) is 0 Å². The lowest BCUT2D eigenvalue weighted by Crippen LogP contribution is -2.24. The van der Waals surface area contributed by atoms with Crippen LogP contribution in [0.4, 0.5) is 0 Å². The molecule has 0 aromatic carbocycles. The second kappa shape index (κ2) is 6.11. The largest absolute Gasteiger partial charge is 0.487 e. The van der Waals surface area contributed by atoms with Crippen molar-refractivity contribution in [1.29, 1.82) is 0 Å². The number of hydrogen-bond donors (Lipinski definition) is 1. The van der Waals surface area contributed by atoms with Crippen LogP contribution in [0.15, 0.2) is 0 Å². The number of hydrogen-bond acceptors (Lipinski definition) is 1. The highest BCUT2D eigenvalue weighted by Gasteiger charge is 1.95. The Morgan fingerprint density at radius 1 is 1.67 bits per heavy atom. The number of nitrogens with zero attached hydrogens (tertiary/aromatic N) is 1. The van der Waals surface area contributed by atoms with Gasteiger partial charge in [0.25, 0.3) is 5.17 Å². The molecule has 0 amide bonds. The summed E-state index contributed by atoms with van der Waals surface area (Å²) in [4.78, 5) is 1.63. The Labute approximate surface area is 67.3 Å². The molecule has 0 aliphatic carbocycles. The molecule has 0 aliphatic rings. The summed E-state index contributed by atoms with van der Waals surface area (Å²) < 4.78 is 0. The van der Waals surface area contributed by atoms with Crippen molar-refractivity contribution in [2.75, 3.05) is 13.6 Å². The van der Waals surface area contributed by atoms with Crippen LogP contribution in [-0.2, 0) is 0 Å². The Kier molecular flexibility index (Phi) is 7.96. The van der Waals surface area contributed by atoms with Crippen molar-refractivity contribution in [1.82, 2.24) is 4.90 Å². The second-order valence-corrected chi connectivity index (χ2v) is 2.07. The maximum atomic E-state index is 8.61. The maximum absolute atomic E-state index is 8.61. The van der Waals surface area contributed by atoms with E-state index < -0.39 is 0 Å². The summed E-state index contributed by atoms with van der Waals surface area (Å²) >= 11 is 4.47. The van der Waals surface area contributed by atoms with E-state index in [-0.39, 0.29) is 17.6 Å². The molecule has 1 N–H and O–H groups in total. The summed E-state index contributed by atoms with van der Waals surface area (Å²) in [5.41, 5.74) is 0. The molecular weight excluding hydrogens is 158 g/mol. The van der Waals surface area contributed by atoms with Crippen LogP contribution in [0.1, 0.15) is 13.3 Å². The first kappa shape index (κ1) is 11.7. The van der Waals surface area contributed by atoms with Crippen LogP contribution >= 0.6 is 24.6 Å². The molecule has 4 heteroatoms. The smallest absolute Gasteiger partial charge is 0.256 e. The predicted octanol–water partition coefficient (Wildman–Crippen LogP) is 1.59. The van der Waals surface area contributed by atoms with Crippen LogP contribution in [0, 0.1) is 0 Å². The third-order valence-corrected chi connectivity index (χ3v) is 1.20. The summed E-state index contributed by atoms with van der Waals surface area (Å²) in [6, 6.07) is 0. The van der Waals surface area contributed by atoms with Crippen molar-refractivity contribution < 1.29 is 5.11 Å². The molecule has 0 bridgehead atoms. The first-order valence-electron chi connectivity index (χ1n) is 2.62. The predicted molar refractivity (Wildman–Crippen MR) is 45.4 cm³/mol. The van der Waals surface area contributed by atoms with Crippen LogP contribution in [0.5, 0.6) is 0 Å². The summed E-state index contributed by atoms with van der Waals surface area (Å²) in [5.74, 6) is 0. The Balaban J connectivity index is 0. The molecule has 0 radical (unpaired) electrons. The van der Waals surface area contributed by atoms with Crippen molar-refractivity contribution >= 4 is 29.8 Å². The topological polar surface area (TPSA) is 23.5 Å². The van der Waals surface area contributed by atoms with Crippen molar-refractivity contribution in [3.63, 3.8) is 0 Å². The zero-order valence-corrected chi connectivity index (χ0v) is 7.26. The summed E-state index contributed by atoms with van der Waals surface area (Å²) in [6.45, 7) is 2.87. The van der Waals surface area contributed by atoms with Gasteiger partial charge in [0.1, 0.15) is 0 Å². The van der Waals surface area contributed by atoms with Crippen LogP contribution in [-0.4, -0.2) is 28.8 Å². The maximum Gasteiger partial charge on any atom is 0.256 e. The number of rotatable bonds is 2. The molecule has 0 rings (SSSR count).